The zero-order chi connectivity index (χ0) is 14.2. The van der Waals surface area contributed by atoms with Crippen molar-refractivity contribution in [2.24, 2.45) is 11.1 Å². The van der Waals surface area contributed by atoms with Gasteiger partial charge in [0.05, 0.1) is 27.4 Å². The minimum absolute atomic E-state index is 0.250. The quantitative estimate of drug-likeness (QED) is 0.882. The summed E-state index contributed by atoms with van der Waals surface area (Å²) < 4.78 is 1.87. The standard InChI is InChI=1S/C13H15Cl2N3O/c1-13(2,12(16)19)7-18-10(6-14)17-9-5-3-4-8(15)11(9)18/h3-5H,6-7H2,1-2H3,(H2,16,19). The molecule has 0 saturated heterocycles. The Kier molecular flexibility index (Phi) is 3.74. The molecule has 19 heavy (non-hydrogen) atoms. The Labute approximate surface area is 121 Å². The lowest BCUT2D eigenvalue weighted by atomic mass is 9.92. The Hall–Kier alpha value is -1.26. The van der Waals surface area contributed by atoms with Crippen LogP contribution in [0.5, 0.6) is 0 Å². The van der Waals surface area contributed by atoms with E-state index in [2.05, 4.69) is 4.98 Å². The van der Waals surface area contributed by atoms with Crippen molar-refractivity contribution in [3.05, 3.63) is 29.0 Å². The monoisotopic (exact) mass is 299 g/mol. The summed E-state index contributed by atoms with van der Waals surface area (Å²) in [5, 5.41) is 0.585. The molecule has 6 heteroatoms. The second-order valence-corrected chi connectivity index (χ2v) is 5.78. The van der Waals surface area contributed by atoms with Crippen LogP contribution in [0, 0.1) is 5.41 Å². The number of imidazole rings is 1. The summed E-state index contributed by atoms with van der Waals surface area (Å²) in [5.41, 5.74) is 6.27. The van der Waals surface area contributed by atoms with E-state index in [4.69, 9.17) is 28.9 Å². The first-order chi connectivity index (χ1) is 8.86. The molecule has 0 radical (unpaired) electrons. The number of amides is 1. The van der Waals surface area contributed by atoms with Crippen molar-refractivity contribution in [3.8, 4) is 0 Å². The average molecular weight is 300 g/mol. The lowest BCUT2D eigenvalue weighted by Gasteiger charge is -2.22. The van der Waals surface area contributed by atoms with Crippen LogP contribution in [0.3, 0.4) is 0 Å². The molecule has 2 rings (SSSR count). The first-order valence-electron chi connectivity index (χ1n) is 5.86. The molecule has 1 aromatic carbocycles. The van der Waals surface area contributed by atoms with Gasteiger partial charge in [0.2, 0.25) is 5.91 Å². The van der Waals surface area contributed by atoms with Gasteiger partial charge in [-0.1, -0.05) is 17.7 Å². The number of para-hydroxylation sites is 1. The molecule has 0 bridgehead atoms. The van der Waals surface area contributed by atoms with E-state index in [9.17, 15) is 4.79 Å². The summed E-state index contributed by atoms with van der Waals surface area (Å²) in [7, 11) is 0. The van der Waals surface area contributed by atoms with Crippen molar-refractivity contribution in [2.45, 2.75) is 26.3 Å². The summed E-state index contributed by atoms with van der Waals surface area (Å²) >= 11 is 12.1. The Balaban J connectivity index is 2.61. The maximum absolute atomic E-state index is 11.5. The number of nitrogens with zero attached hydrogens (tertiary/aromatic N) is 2. The van der Waals surface area contributed by atoms with E-state index < -0.39 is 5.41 Å². The van der Waals surface area contributed by atoms with Crippen LogP contribution in [-0.2, 0) is 17.2 Å². The van der Waals surface area contributed by atoms with Crippen molar-refractivity contribution in [1.29, 1.82) is 0 Å². The Morgan fingerprint density at radius 3 is 2.74 bits per heavy atom. The summed E-state index contributed by atoms with van der Waals surface area (Å²) in [6.45, 7) is 3.97. The molecule has 0 aliphatic rings. The van der Waals surface area contributed by atoms with Crippen LogP contribution in [-0.4, -0.2) is 15.5 Å². The van der Waals surface area contributed by atoms with Crippen LogP contribution >= 0.6 is 23.2 Å². The lowest BCUT2D eigenvalue weighted by molar-refractivity contribution is -0.126. The number of primary amides is 1. The molecule has 0 unspecified atom stereocenters. The number of alkyl halides is 1. The summed E-state index contributed by atoms with van der Waals surface area (Å²) in [4.78, 5) is 15.9. The Bertz CT molecular complexity index is 634. The average Bonchev–Trinajstić information content (AvgIpc) is 2.68. The van der Waals surface area contributed by atoms with Crippen molar-refractivity contribution in [2.75, 3.05) is 0 Å². The number of halogens is 2. The molecule has 4 nitrogen and oxygen atoms in total. The zero-order valence-corrected chi connectivity index (χ0v) is 12.3. The number of rotatable bonds is 4. The second-order valence-electron chi connectivity index (χ2n) is 5.10. The van der Waals surface area contributed by atoms with Gasteiger partial charge in [-0.05, 0) is 26.0 Å². The number of hydrogen-bond donors (Lipinski definition) is 1. The molecular formula is C13H15Cl2N3O. The van der Waals surface area contributed by atoms with Crippen LogP contribution in [0.2, 0.25) is 5.02 Å². The lowest BCUT2D eigenvalue weighted by Crippen LogP contribution is -2.35. The molecule has 1 amide bonds. The fourth-order valence-electron chi connectivity index (χ4n) is 1.94. The maximum atomic E-state index is 11.5. The largest absolute Gasteiger partial charge is 0.369 e. The van der Waals surface area contributed by atoms with Gasteiger partial charge in [0.15, 0.2) is 0 Å². The highest BCUT2D eigenvalue weighted by molar-refractivity contribution is 6.35. The minimum Gasteiger partial charge on any atom is -0.369 e. The maximum Gasteiger partial charge on any atom is 0.224 e. The first kappa shape index (κ1) is 14.2. The van der Waals surface area contributed by atoms with Crippen LogP contribution in [0.25, 0.3) is 11.0 Å². The molecule has 0 atom stereocenters. The smallest absolute Gasteiger partial charge is 0.224 e. The predicted octanol–water partition coefficient (Wildman–Crippen LogP) is 2.94. The topological polar surface area (TPSA) is 60.9 Å². The Morgan fingerprint density at radius 1 is 1.47 bits per heavy atom. The van der Waals surface area contributed by atoms with Gasteiger partial charge in [-0.15, -0.1) is 11.6 Å². The number of nitrogens with two attached hydrogens (primary N) is 1. The van der Waals surface area contributed by atoms with E-state index in [-0.39, 0.29) is 11.8 Å². The summed E-state index contributed by atoms with van der Waals surface area (Å²) in [6, 6.07) is 5.49. The van der Waals surface area contributed by atoms with Gasteiger partial charge in [-0.3, -0.25) is 4.79 Å². The molecule has 0 aliphatic carbocycles. The highest BCUT2D eigenvalue weighted by Crippen LogP contribution is 2.28. The molecule has 1 heterocycles. The first-order valence-corrected chi connectivity index (χ1v) is 6.77. The third-order valence-corrected chi connectivity index (χ3v) is 3.68. The number of fused-ring (bicyclic) bond motifs is 1. The fourth-order valence-corrected chi connectivity index (χ4v) is 2.41. The molecular weight excluding hydrogens is 285 g/mol. The minimum atomic E-state index is -0.701. The molecule has 102 valence electrons. The van der Waals surface area contributed by atoms with E-state index in [1.54, 1.807) is 19.9 Å². The molecule has 0 aliphatic heterocycles. The van der Waals surface area contributed by atoms with Gasteiger partial charge in [-0.25, -0.2) is 4.98 Å². The van der Waals surface area contributed by atoms with E-state index in [1.165, 1.54) is 0 Å². The number of benzene rings is 1. The van der Waals surface area contributed by atoms with Crippen molar-refractivity contribution < 1.29 is 4.79 Å². The third kappa shape index (κ3) is 2.55. The molecule has 0 spiro atoms. The van der Waals surface area contributed by atoms with Gasteiger partial charge < -0.3 is 10.3 Å². The van der Waals surface area contributed by atoms with Crippen molar-refractivity contribution >= 4 is 40.1 Å². The number of aromatic nitrogens is 2. The van der Waals surface area contributed by atoms with Crippen LogP contribution in [0.1, 0.15) is 19.7 Å². The van der Waals surface area contributed by atoms with Crippen LogP contribution < -0.4 is 5.73 Å². The molecule has 1 aromatic heterocycles. The number of carbonyl (C=O) groups is 1. The number of carbonyl (C=O) groups excluding carboxylic acids is 1. The molecule has 2 aromatic rings. The van der Waals surface area contributed by atoms with E-state index in [1.807, 2.05) is 16.7 Å². The van der Waals surface area contributed by atoms with Gasteiger partial charge in [0.25, 0.3) is 0 Å². The molecule has 0 fully saturated rings. The number of hydrogen-bond acceptors (Lipinski definition) is 2. The normalized spacial score (nSPS) is 12.0. The van der Waals surface area contributed by atoms with E-state index in [0.29, 0.717) is 17.4 Å². The van der Waals surface area contributed by atoms with Crippen molar-refractivity contribution in [1.82, 2.24) is 9.55 Å². The Morgan fingerprint density at radius 2 is 2.16 bits per heavy atom. The molecule has 0 saturated carbocycles. The highest BCUT2D eigenvalue weighted by Gasteiger charge is 2.28. The van der Waals surface area contributed by atoms with Crippen LogP contribution in [0.15, 0.2) is 18.2 Å². The SMILES string of the molecule is CC(C)(Cn1c(CCl)nc2cccc(Cl)c21)C(N)=O. The summed E-state index contributed by atoms with van der Waals surface area (Å²) in [5.74, 6) is 0.556. The van der Waals surface area contributed by atoms with Crippen molar-refractivity contribution in [3.63, 3.8) is 0 Å². The summed E-state index contributed by atoms with van der Waals surface area (Å²) in [6.07, 6.45) is 0. The van der Waals surface area contributed by atoms with Gasteiger partial charge in [-0.2, -0.15) is 0 Å². The van der Waals surface area contributed by atoms with E-state index in [0.717, 1.165) is 11.0 Å². The van der Waals surface area contributed by atoms with Crippen LogP contribution in [0.4, 0.5) is 0 Å². The molecule has 2 N–H and O–H groups in total. The van der Waals surface area contributed by atoms with Gasteiger partial charge >= 0.3 is 0 Å². The predicted molar refractivity (Wildman–Crippen MR) is 77.3 cm³/mol. The van der Waals surface area contributed by atoms with Gasteiger partial charge in [0, 0.05) is 6.54 Å². The second kappa shape index (κ2) is 5.02. The van der Waals surface area contributed by atoms with E-state index >= 15 is 0 Å². The van der Waals surface area contributed by atoms with Gasteiger partial charge in [0.1, 0.15) is 5.82 Å². The highest BCUT2D eigenvalue weighted by atomic mass is 35.5. The zero-order valence-electron chi connectivity index (χ0n) is 10.8. The third-order valence-electron chi connectivity index (χ3n) is 3.14. The fraction of sp³-hybridized carbons (Fsp3) is 0.385.